The minimum absolute atomic E-state index is 0.168. The van der Waals surface area contributed by atoms with E-state index in [2.05, 4.69) is 10.4 Å². The first-order chi connectivity index (χ1) is 7.76. The lowest BCUT2D eigenvalue weighted by Gasteiger charge is -2.16. The standard InChI is InChI=1S/C11H21N3O2/c1-4-15-11(16-5-2)9-12-8-10-6-7-14(3)13-10/h6-7,11-12H,4-5,8-9H2,1-3H3. The highest BCUT2D eigenvalue weighted by molar-refractivity contribution is 4.97. The van der Waals surface area contributed by atoms with E-state index in [0.29, 0.717) is 19.8 Å². The summed E-state index contributed by atoms with van der Waals surface area (Å²) in [6.45, 7) is 6.66. The van der Waals surface area contributed by atoms with Crippen molar-refractivity contribution >= 4 is 0 Å². The van der Waals surface area contributed by atoms with Crippen LogP contribution in [0.4, 0.5) is 0 Å². The quantitative estimate of drug-likeness (QED) is 0.671. The van der Waals surface area contributed by atoms with E-state index in [1.807, 2.05) is 33.2 Å². The van der Waals surface area contributed by atoms with E-state index >= 15 is 0 Å². The normalized spacial score (nSPS) is 11.2. The number of hydrogen-bond acceptors (Lipinski definition) is 4. The molecule has 0 spiro atoms. The number of nitrogens with one attached hydrogen (secondary N) is 1. The Morgan fingerprint density at radius 1 is 1.38 bits per heavy atom. The second-order valence-electron chi connectivity index (χ2n) is 3.45. The minimum atomic E-state index is -0.168. The summed E-state index contributed by atoms with van der Waals surface area (Å²) in [5, 5.41) is 7.53. The lowest BCUT2D eigenvalue weighted by Crippen LogP contribution is -2.31. The molecular weight excluding hydrogens is 206 g/mol. The molecule has 16 heavy (non-hydrogen) atoms. The summed E-state index contributed by atoms with van der Waals surface area (Å²) in [6.07, 6.45) is 1.76. The lowest BCUT2D eigenvalue weighted by atomic mass is 10.4. The van der Waals surface area contributed by atoms with Crippen LogP contribution < -0.4 is 5.32 Å². The van der Waals surface area contributed by atoms with Crippen molar-refractivity contribution < 1.29 is 9.47 Å². The summed E-state index contributed by atoms with van der Waals surface area (Å²) in [6, 6.07) is 1.99. The van der Waals surface area contributed by atoms with Crippen LogP contribution in [0.5, 0.6) is 0 Å². The Bertz CT molecular complexity index is 283. The Balaban J connectivity index is 2.21. The van der Waals surface area contributed by atoms with Crippen molar-refractivity contribution in [2.75, 3.05) is 19.8 Å². The molecule has 0 fully saturated rings. The van der Waals surface area contributed by atoms with Crippen molar-refractivity contribution in [3.8, 4) is 0 Å². The second-order valence-corrected chi connectivity index (χ2v) is 3.45. The number of aromatic nitrogens is 2. The Morgan fingerprint density at radius 3 is 2.56 bits per heavy atom. The van der Waals surface area contributed by atoms with E-state index in [9.17, 15) is 0 Å². The van der Waals surface area contributed by atoms with Gasteiger partial charge in [-0.05, 0) is 19.9 Å². The van der Waals surface area contributed by atoms with E-state index in [4.69, 9.17) is 9.47 Å². The van der Waals surface area contributed by atoms with Gasteiger partial charge in [-0.1, -0.05) is 0 Å². The molecule has 1 heterocycles. The maximum absolute atomic E-state index is 5.42. The first-order valence-corrected chi connectivity index (χ1v) is 5.68. The molecule has 0 aromatic carbocycles. The van der Waals surface area contributed by atoms with Crippen LogP contribution in [0.15, 0.2) is 12.3 Å². The topological polar surface area (TPSA) is 48.3 Å². The van der Waals surface area contributed by atoms with Gasteiger partial charge in [-0.2, -0.15) is 5.10 Å². The largest absolute Gasteiger partial charge is 0.352 e. The molecule has 5 nitrogen and oxygen atoms in total. The predicted octanol–water partition coefficient (Wildman–Crippen LogP) is 0.909. The van der Waals surface area contributed by atoms with Gasteiger partial charge in [0.15, 0.2) is 6.29 Å². The van der Waals surface area contributed by atoms with Crippen molar-refractivity contribution in [1.82, 2.24) is 15.1 Å². The van der Waals surface area contributed by atoms with Crippen molar-refractivity contribution in [3.05, 3.63) is 18.0 Å². The van der Waals surface area contributed by atoms with Gasteiger partial charge >= 0.3 is 0 Å². The van der Waals surface area contributed by atoms with Gasteiger partial charge < -0.3 is 14.8 Å². The molecule has 0 aliphatic carbocycles. The van der Waals surface area contributed by atoms with E-state index in [-0.39, 0.29) is 6.29 Å². The summed E-state index contributed by atoms with van der Waals surface area (Å²) in [5.41, 5.74) is 1.02. The van der Waals surface area contributed by atoms with Crippen LogP contribution in [0.1, 0.15) is 19.5 Å². The molecule has 5 heteroatoms. The average molecular weight is 227 g/mol. The van der Waals surface area contributed by atoms with Gasteiger partial charge in [0.2, 0.25) is 0 Å². The highest BCUT2D eigenvalue weighted by Gasteiger charge is 2.07. The van der Waals surface area contributed by atoms with E-state index in [1.165, 1.54) is 0 Å². The first-order valence-electron chi connectivity index (χ1n) is 5.68. The molecule has 1 aromatic rings. The third kappa shape index (κ3) is 4.74. The predicted molar refractivity (Wildman–Crippen MR) is 62.0 cm³/mol. The van der Waals surface area contributed by atoms with Gasteiger partial charge in [0, 0.05) is 39.5 Å². The molecule has 0 aliphatic rings. The molecule has 1 N–H and O–H groups in total. The zero-order chi connectivity index (χ0) is 11.8. The first kappa shape index (κ1) is 13.2. The Labute approximate surface area is 96.7 Å². The zero-order valence-electron chi connectivity index (χ0n) is 10.3. The van der Waals surface area contributed by atoms with Gasteiger partial charge in [-0.15, -0.1) is 0 Å². The van der Waals surface area contributed by atoms with Crippen molar-refractivity contribution in [3.63, 3.8) is 0 Å². The second kappa shape index (κ2) is 7.38. The van der Waals surface area contributed by atoms with Crippen LogP contribution in [0, 0.1) is 0 Å². The summed E-state index contributed by atoms with van der Waals surface area (Å²) in [7, 11) is 1.91. The van der Waals surface area contributed by atoms with E-state index < -0.39 is 0 Å². The van der Waals surface area contributed by atoms with Crippen LogP contribution in [0.25, 0.3) is 0 Å². The van der Waals surface area contributed by atoms with Crippen LogP contribution >= 0.6 is 0 Å². The minimum Gasteiger partial charge on any atom is -0.352 e. The molecule has 0 unspecified atom stereocenters. The van der Waals surface area contributed by atoms with Gasteiger partial charge in [0.1, 0.15) is 0 Å². The summed E-state index contributed by atoms with van der Waals surface area (Å²) < 4.78 is 12.6. The number of aryl methyl sites for hydroxylation is 1. The maximum atomic E-state index is 5.42. The molecule has 0 atom stereocenters. The van der Waals surface area contributed by atoms with E-state index in [0.717, 1.165) is 12.2 Å². The molecule has 1 aromatic heterocycles. The molecule has 0 radical (unpaired) electrons. The number of ether oxygens (including phenoxy) is 2. The maximum Gasteiger partial charge on any atom is 0.169 e. The third-order valence-electron chi connectivity index (χ3n) is 2.09. The smallest absolute Gasteiger partial charge is 0.169 e. The fraction of sp³-hybridized carbons (Fsp3) is 0.727. The molecule has 0 aliphatic heterocycles. The van der Waals surface area contributed by atoms with Crippen molar-refractivity contribution in [2.45, 2.75) is 26.7 Å². The molecule has 92 valence electrons. The molecule has 0 saturated heterocycles. The Morgan fingerprint density at radius 2 is 2.06 bits per heavy atom. The van der Waals surface area contributed by atoms with Crippen LogP contribution in [0.3, 0.4) is 0 Å². The van der Waals surface area contributed by atoms with Crippen molar-refractivity contribution in [1.29, 1.82) is 0 Å². The van der Waals surface area contributed by atoms with Gasteiger partial charge in [-0.3, -0.25) is 4.68 Å². The molecule has 0 bridgehead atoms. The average Bonchev–Trinajstić information content (AvgIpc) is 2.65. The molecular formula is C11H21N3O2. The van der Waals surface area contributed by atoms with Gasteiger partial charge in [0.25, 0.3) is 0 Å². The zero-order valence-corrected chi connectivity index (χ0v) is 10.3. The van der Waals surface area contributed by atoms with Crippen LogP contribution in [-0.4, -0.2) is 35.8 Å². The van der Waals surface area contributed by atoms with Gasteiger partial charge in [-0.25, -0.2) is 0 Å². The molecule has 1 rings (SSSR count). The monoisotopic (exact) mass is 227 g/mol. The highest BCUT2D eigenvalue weighted by atomic mass is 16.7. The molecule has 0 amide bonds. The number of nitrogens with zero attached hydrogens (tertiary/aromatic N) is 2. The SMILES string of the molecule is CCOC(CNCc1ccn(C)n1)OCC. The van der Waals surface area contributed by atoms with Crippen LogP contribution in [0.2, 0.25) is 0 Å². The fourth-order valence-corrected chi connectivity index (χ4v) is 1.41. The fourth-order valence-electron chi connectivity index (χ4n) is 1.41. The summed E-state index contributed by atoms with van der Waals surface area (Å²) in [5.74, 6) is 0. The number of hydrogen-bond donors (Lipinski definition) is 1. The molecule has 0 saturated carbocycles. The number of rotatable bonds is 8. The Kier molecular flexibility index (Phi) is 6.07. The lowest BCUT2D eigenvalue weighted by molar-refractivity contribution is -0.133. The summed E-state index contributed by atoms with van der Waals surface area (Å²) in [4.78, 5) is 0. The van der Waals surface area contributed by atoms with Crippen molar-refractivity contribution in [2.24, 2.45) is 7.05 Å². The van der Waals surface area contributed by atoms with Gasteiger partial charge in [0.05, 0.1) is 5.69 Å². The highest BCUT2D eigenvalue weighted by Crippen LogP contribution is 1.96. The van der Waals surface area contributed by atoms with E-state index in [1.54, 1.807) is 4.68 Å². The third-order valence-corrected chi connectivity index (χ3v) is 2.09. The summed E-state index contributed by atoms with van der Waals surface area (Å²) >= 11 is 0. The Hall–Kier alpha value is -0.910. The van der Waals surface area contributed by atoms with Crippen LogP contribution in [-0.2, 0) is 23.1 Å².